The number of hydrogen-bond donors (Lipinski definition) is 0. The van der Waals surface area contributed by atoms with Crippen LogP contribution < -0.4 is 9.47 Å². The van der Waals surface area contributed by atoms with E-state index in [-0.39, 0.29) is 18.1 Å². The highest BCUT2D eigenvalue weighted by atomic mass is 19.1. The van der Waals surface area contributed by atoms with Crippen molar-refractivity contribution in [2.75, 3.05) is 7.11 Å². The Morgan fingerprint density at radius 2 is 2.04 bits per heavy atom. The number of para-hydroxylation sites is 1. The van der Waals surface area contributed by atoms with Crippen LogP contribution in [0.15, 0.2) is 42.6 Å². The topological polar surface area (TPSA) is 74.5 Å². The van der Waals surface area contributed by atoms with Crippen molar-refractivity contribution in [3.63, 3.8) is 0 Å². The minimum atomic E-state index is -0.975. The number of fused-ring (bicyclic) bond motifs is 1. The number of rotatable bonds is 5. The molecule has 7 heteroatoms. The van der Waals surface area contributed by atoms with E-state index in [1.54, 1.807) is 6.20 Å². The lowest BCUT2D eigenvalue weighted by molar-refractivity contribution is -0.387. The van der Waals surface area contributed by atoms with Crippen LogP contribution in [0.25, 0.3) is 10.9 Å². The largest absolute Gasteiger partial charge is 0.493 e. The summed E-state index contributed by atoms with van der Waals surface area (Å²) in [5, 5.41) is 11.9. The minimum Gasteiger partial charge on any atom is -0.493 e. The van der Waals surface area contributed by atoms with Gasteiger partial charge in [0.05, 0.1) is 23.6 Å². The fraction of sp³-hybridized carbons (Fsp3) is 0.167. The van der Waals surface area contributed by atoms with Gasteiger partial charge in [-0.15, -0.1) is 0 Å². The monoisotopic (exact) mass is 342 g/mol. The van der Waals surface area contributed by atoms with E-state index in [9.17, 15) is 14.5 Å². The summed E-state index contributed by atoms with van der Waals surface area (Å²) in [4.78, 5) is 14.5. The van der Waals surface area contributed by atoms with Crippen LogP contribution >= 0.6 is 0 Å². The summed E-state index contributed by atoms with van der Waals surface area (Å²) in [5.41, 5.74) is 1.97. The molecule has 0 aliphatic heterocycles. The molecule has 0 aliphatic carbocycles. The van der Waals surface area contributed by atoms with Gasteiger partial charge in [-0.1, -0.05) is 18.2 Å². The molecule has 3 aromatic rings. The molecule has 0 aliphatic rings. The van der Waals surface area contributed by atoms with E-state index >= 15 is 0 Å². The highest BCUT2D eigenvalue weighted by Gasteiger charge is 2.20. The first-order chi connectivity index (χ1) is 12.0. The van der Waals surface area contributed by atoms with Crippen molar-refractivity contribution in [1.82, 2.24) is 4.98 Å². The van der Waals surface area contributed by atoms with Crippen LogP contribution in [-0.4, -0.2) is 17.0 Å². The molecule has 0 spiro atoms. The number of aromatic nitrogens is 1. The molecule has 0 saturated heterocycles. The van der Waals surface area contributed by atoms with Gasteiger partial charge in [0.1, 0.15) is 6.61 Å². The van der Waals surface area contributed by atoms with E-state index in [0.29, 0.717) is 0 Å². The lowest BCUT2D eigenvalue weighted by atomic mass is 10.1. The van der Waals surface area contributed by atoms with E-state index in [4.69, 9.17) is 9.47 Å². The first kappa shape index (κ1) is 16.6. The Labute approximate surface area is 143 Å². The Morgan fingerprint density at radius 1 is 1.24 bits per heavy atom. The lowest BCUT2D eigenvalue weighted by Crippen LogP contribution is -2.01. The summed E-state index contributed by atoms with van der Waals surface area (Å²) in [6.07, 6.45) is 1.76. The van der Waals surface area contributed by atoms with Crippen molar-refractivity contribution in [2.45, 2.75) is 13.5 Å². The second kappa shape index (κ2) is 6.72. The summed E-state index contributed by atoms with van der Waals surface area (Å²) >= 11 is 0. The smallest absolute Gasteiger partial charge is 0.308 e. The Morgan fingerprint density at radius 3 is 2.76 bits per heavy atom. The number of nitro groups is 1. The number of methoxy groups -OCH3 is 1. The third kappa shape index (κ3) is 3.35. The molecule has 2 aromatic carbocycles. The van der Waals surface area contributed by atoms with Crippen molar-refractivity contribution in [2.24, 2.45) is 0 Å². The van der Waals surface area contributed by atoms with Crippen LogP contribution in [-0.2, 0) is 6.61 Å². The first-order valence-corrected chi connectivity index (χ1v) is 7.48. The van der Waals surface area contributed by atoms with Crippen LogP contribution in [0.4, 0.5) is 10.1 Å². The molecule has 0 unspecified atom stereocenters. The summed E-state index contributed by atoms with van der Waals surface area (Å²) in [6, 6.07) is 9.66. The fourth-order valence-corrected chi connectivity index (χ4v) is 2.54. The molecular formula is C18H15FN2O4. The Hall–Kier alpha value is -3.22. The van der Waals surface area contributed by atoms with Gasteiger partial charge < -0.3 is 9.47 Å². The number of hydrogen-bond acceptors (Lipinski definition) is 5. The Bertz CT molecular complexity index is 959. The molecule has 1 heterocycles. The number of nitrogens with zero attached hydrogens (tertiary/aromatic N) is 2. The molecule has 0 fully saturated rings. The molecule has 0 atom stereocenters. The Balaban J connectivity index is 1.94. The lowest BCUT2D eigenvalue weighted by Gasteiger charge is -2.12. The van der Waals surface area contributed by atoms with Crippen molar-refractivity contribution >= 4 is 16.6 Å². The van der Waals surface area contributed by atoms with Crippen molar-refractivity contribution < 1.29 is 18.8 Å². The van der Waals surface area contributed by atoms with E-state index in [0.717, 1.165) is 34.2 Å². The van der Waals surface area contributed by atoms with Gasteiger partial charge in [0.25, 0.3) is 0 Å². The van der Waals surface area contributed by atoms with Crippen molar-refractivity contribution in [1.29, 1.82) is 0 Å². The van der Waals surface area contributed by atoms with Crippen LogP contribution in [0.2, 0.25) is 0 Å². The third-order valence-electron chi connectivity index (χ3n) is 3.74. The van der Waals surface area contributed by atoms with Gasteiger partial charge >= 0.3 is 5.69 Å². The maximum atomic E-state index is 13.7. The van der Waals surface area contributed by atoms with Gasteiger partial charge in [-0.2, -0.15) is 4.39 Å². The highest BCUT2D eigenvalue weighted by molar-refractivity contribution is 5.82. The van der Waals surface area contributed by atoms with E-state index in [2.05, 4.69) is 4.98 Å². The van der Waals surface area contributed by atoms with Crippen molar-refractivity contribution in [3.05, 3.63) is 69.7 Å². The molecule has 128 valence electrons. The van der Waals surface area contributed by atoms with Gasteiger partial charge in [-0.05, 0) is 18.6 Å². The number of aryl methyl sites for hydroxylation is 1. The fourth-order valence-electron chi connectivity index (χ4n) is 2.54. The standard InChI is InChI=1S/C18H15FN2O4/c1-11-6-12-4-3-5-13(18(12)20-9-11)10-25-17-8-15(21(22)23)14(19)7-16(17)24-2/h3-9H,10H2,1-2H3. The number of ether oxygens (including phenoxy) is 2. The van der Waals surface area contributed by atoms with Crippen molar-refractivity contribution in [3.8, 4) is 11.5 Å². The van der Waals surface area contributed by atoms with E-state index in [1.807, 2.05) is 31.2 Å². The van der Waals surface area contributed by atoms with Crippen LogP contribution in [0.1, 0.15) is 11.1 Å². The molecule has 0 saturated carbocycles. The average molecular weight is 342 g/mol. The Kier molecular flexibility index (Phi) is 4.47. The average Bonchev–Trinajstić information content (AvgIpc) is 2.59. The van der Waals surface area contributed by atoms with Crippen LogP contribution in [0, 0.1) is 22.9 Å². The van der Waals surface area contributed by atoms with Gasteiger partial charge in [0.2, 0.25) is 5.82 Å². The van der Waals surface area contributed by atoms with Gasteiger partial charge in [-0.25, -0.2) is 0 Å². The SMILES string of the molecule is COc1cc(F)c([N+](=O)[O-])cc1OCc1cccc2cc(C)cnc12. The number of benzene rings is 2. The molecule has 0 amide bonds. The van der Waals surface area contributed by atoms with E-state index in [1.165, 1.54) is 7.11 Å². The number of halogens is 1. The quantitative estimate of drug-likeness (QED) is 0.514. The van der Waals surface area contributed by atoms with Crippen LogP contribution in [0.5, 0.6) is 11.5 Å². The number of nitro benzene ring substituents is 1. The zero-order valence-corrected chi connectivity index (χ0v) is 13.7. The minimum absolute atomic E-state index is 0.0899. The molecule has 1 aromatic heterocycles. The molecule has 6 nitrogen and oxygen atoms in total. The molecule has 0 radical (unpaired) electrons. The predicted molar refractivity (Wildman–Crippen MR) is 90.4 cm³/mol. The van der Waals surface area contributed by atoms with Gasteiger partial charge in [0, 0.05) is 23.2 Å². The number of pyridine rings is 1. The predicted octanol–water partition coefficient (Wildman–Crippen LogP) is 4.18. The highest BCUT2D eigenvalue weighted by Crippen LogP contribution is 2.34. The van der Waals surface area contributed by atoms with Gasteiger partial charge in [-0.3, -0.25) is 15.1 Å². The van der Waals surface area contributed by atoms with E-state index < -0.39 is 16.4 Å². The maximum absolute atomic E-state index is 13.7. The summed E-state index contributed by atoms with van der Waals surface area (Å²) < 4.78 is 24.4. The molecular weight excluding hydrogens is 327 g/mol. The molecule has 25 heavy (non-hydrogen) atoms. The molecule has 3 rings (SSSR count). The zero-order valence-electron chi connectivity index (χ0n) is 13.7. The second-order valence-corrected chi connectivity index (χ2v) is 5.50. The normalized spacial score (nSPS) is 10.7. The summed E-state index contributed by atoms with van der Waals surface area (Å²) in [6.45, 7) is 2.07. The van der Waals surface area contributed by atoms with Gasteiger partial charge in [0.15, 0.2) is 11.5 Å². The second-order valence-electron chi connectivity index (χ2n) is 5.50. The maximum Gasteiger partial charge on any atom is 0.308 e. The van der Waals surface area contributed by atoms with Crippen LogP contribution in [0.3, 0.4) is 0 Å². The first-order valence-electron chi connectivity index (χ1n) is 7.48. The summed E-state index contributed by atoms with van der Waals surface area (Å²) in [7, 11) is 1.34. The summed E-state index contributed by atoms with van der Waals surface area (Å²) in [5.74, 6) is -0.789. The zero-order chi connectivity index (χ0) is 18.0. The molecule has 0 bridgehead atoms. The third-order valence-corrected chi connectivity index (χ3v) is 3.74. The molecule has 0 N–H and O–H groups in total.